The van der Waals surface area contributed by atoms with Crippen molar-refractivity contribution in [3.05, 3.63) is 53.6 Å². The zero-order valence-electron chi connectivity index (χ0n) is 11.1. The van der Waals surface area contributed by atoms with Crippen molar-refractivity contribution in [2.45, 2.75) is 6.42 Å². The lowest BCUT2D eigenvalue weighted by molar-refractivity contribution is -0.136. The first kappa shape index (κ1) is 14.0. The average Bonchev–Trinajstić information content (AvgIpc) is 2.88. The maximum Gasteiger partial charge on any atom is 0.307 e. The topological polar surface area (TPSA) is 75.4 Å². The molecule has 22 heavy (non-hydrogen) atoms. The Hall–Kier alpha value is -2.96. The summed E-state index contributed by atoms with van der Waals surface area (Å²) in [4.78, 5) is 14.7. The van der Waals surface area contributed by atoms with Gasteiger partial charge in [-0.3, -0.25) is 4.79 Å². The molecular formula is C15H10F2N2O3. The first-order valence-electron chi connectivity index (χ1n) is 6.35. The molecule has 7 heteroatoms. The van der Waals surface area contributed by atoms with E-state index in [0.717, 1.165) is 0 Å². The molecule has 0 unspecified atom stereocenters. The van der Waals surface area contributed by atoms with Gasteiger partial charge in [0.05, 0.1) is 6.42 Å². The molecule has 1 heterocycles. The van der Waals surface area contributed by atoms with E-state index in [9.17, 15) is 13.6 Å². The number of carbonyl (C=O) groups is 1. The number of nitrogens with zero attached hydrogens (tertiary/aromatic N) is 1. The molecule has 0 fully saturated rings. The minimum absolute atomic E-state index is 0.0180. The van der Waals surface area contributed by atoms with Crippen LogP contribution in [0.2, 0.25) is 0 Å². The summed E-state index contributed by atoms with van der Waals surface area (Å²) in [7, 11) is 0. The Morgan fingerprint density at radius 2 is 1.91 bits per heavy atom. The molecule has 2 N–H and O–H groups in total. The summed E-state index contributed by atoms with van der Waals surface area (Å²) in [6, 6.07) is 8.36. The van der Waals surface area contributed by atoms with Gasteiger partial charge in [-0.2, -0.15) is 4.98 Å². The maximum absolute atomic E-state index is 14.2. The van der Waals surface area contributed by atoms with E-state index in [1.807, 2.05) is 0 Å². The molecule has 0 saturated carbocycles. The minimum Gasteiger partial charge on any atom is -0.481 e. The maximum atomic E-state index is 14.2. The molecule has 0 saturated heterocycles. The number of carboxylic acid groups (broad SMARTS) is 1. The number of fused-ring (bicyclic) bond motifs is 1. The van der Waals surface area contributed by atoms with Crippen molar-refractivity contribution in [3.63, 3.8) is 0 Å². The second-order valence-corrected chi connectivity index (χ2v) is 4.61. The van der Waals surface area contributed by atoms with Crippen molar-refractivity contribution < 1.29 is 23.1 Å². The van der Waals surface area contributed by atoms with Crippen molar-refractivity contribution in [1.82, 2.24) is 4.98 Å². The molecule has 0 atom stereocenters. The number of benzene rings is 2. The normalized spacial score (nSPS) is 10.8. The second kappa shape index (κ2) is 5.44. The van der Waals surface area contributed by atoms with Crippen molar-refractivity contribution >= 4 is 28.8 Å². The summed E-state index contributed by atoms with van der Waals surface area (Å²) in [6.07, 6.45) is -0.441. The van der Waals surface area contributed by atoms with Crippen LogP contribution in [0.25, 0.3) is 11.1 Å². The molecule has 1 aromatic heterocycles. The van der Waals surface area contributed by atoms with Crippen LogP contribution in [0.1, 0.15) is 5.56 Å². The summed E-state index contributed by atoms with van der Waals surface area (Å²) in [5, 5.41) is 11.5. The van der Waals surface area contributed by atoms with Crippen LogP contribution >= 0.6 is 0 Å². The van der Waals surface area contributed by atoms with Gasteiger partial charge < -0.3 is 14.8 Å². The quantitative estimate of drug-likeness (QED) is 0.772. The van der Waals surface area contributed by atoms with Crippen molar-refractivity contribution in [2.24, 2.45) is 0 Å². The van der Waals surface area contributed by atoms with E-state index in [1.165, 1.54) is 36.4 Å². The van der Waals surface area contributed by atoms with Gasteiger partial charge in [0.25, 0.3) is 6.01 Å². The summed E-state index contributed by atoms with van der Waals surface area (Å²) < 4.78 is 32.3. The molecule has 3 aromatic rings. The van der Waals surface area contributed by atoms with Gasteiger partial charge >= 0.3 is 5.97 Å². The van der Waals surface area contributed by atoms with E-state index in [1.54, 1.807) is 0 Å². The number of anilines is 2. The fraction of sp³-hybridized carbons (Fsp3) is 0.0667. The molecule has 2 aromatic carbocycles. The lowest BCUT2D eigenvalue weighted by Gasteiger charge is -2.00. The van der Waals surface area contributed by atoms with Crippen LogP contribution in [0.5, 0.6) is 0 Å². The number of aliphatic carboxylic acids is 1. The SMILES string of the molecule is O=C(O)Cc1ccc2nc(Nc3ccc(F)cc3)oc2c1F. The van der Waals surface area contributed by atoms with Gasteiger partial charge in [-0.1, -0.05) is 6.07 Å². The largest absolute Gasteiger partial charge is 0.481 e. The van der Waals surface area contributed by atoms with E-state index >= 15 is 0 Å². The highest BCUT2D eigenvalue weighted by Gasteiger charge is 2.16. The predicted octanol–water partition coefficient (Wildman–Crippen LogP) is 3.48. The zero-order valence-corrected chi connectivity index (χ0v) is 11.1. The number of rotatable bonds is 4. The van der Waals surface area contributed by atoms with Crippen molar-refractivity contribution in [2.75, 3.05) is 5.32 Å². The summed E-state index contributed by atoms with van der Waals surface area (Å²) in [5.41, 5.74) is 0.684. The number of aromatic nitrogens is 1. The molecular weight excluding hydrogens is 294 g/mol. The number of nitrogens with one attached hydrogen (secondary N) is 1. The van der Waals surface area contributed by atoms with Gasteiger partial charge in [0.15, 0.2) is 11.4 Å². The second-order valence-electron chi connectivity index (χ2n) is 4.61. The first-order chi connectivity index (χ1) is 10.5. The smallest absolute Gasteiger partial charge is 0.307 e. The van der Waals surface area contributed by atoms with E-state index in [0.29, 0.717) is 5.69 Å². The number of halogens is 2. The van der Waals surface area contributed by atoms with Crippen LogP contribution in [0, 0.1) is 11.6 Å². The van der Waals surface area contributed by atoms with E-state index in [4.69, 9.17) is 9.52 Å². The zero-order chi connectivity index (χ0) is 15.7. The first-order valence-corrected chi connectivity index (χ1v) is 6.35. The van der Waals surface area contributed by atoms with Crippen LogP contribution in [-0.4, -0.2) is 16.1 Å². The lowest BCUT2D eigenvalue weighted by Crippen LogP contribution is -2.02. The molecule has 0 bridgehead atoms. The van der Waals surface area contributed by atoms with Gasteiger partial charge in [-0.15, -0.1) is 0 Å². The third-order valence-corrected chi connectivity index (χ3v) is 3.01. The summed E-state index contributed by atoms with van der Waals surface area (Å²) >= 11 is 0. The van der Waals surface area contributed by atoms with Crippen molar-refractivity contribution in [3.8, 4) is 0 Å². The lowest BCUT2D eigenvalue weighted by atomic mass is 10.1. The Morgan fingerprint density at radius 3 is 2.59 bits per heavy atom. The fourth-order valence-electron chi connectivity index (χ4n) is 2.01. The third kappa shape index (κ3) is 2.73. The number of hydrogen-bond donors (Lipinski definition) is 2. The van der Waals surface area contributed by atoms with Crippen molar-refractivity contribution in [1.29, 1.82) is 0 Å². The Labute approximate surface area is 123 Å². The minimum atomic E-state index is -1.14. The van der Waals surface area contributed by atoms with Gasteiger partial charge in [-0.05, 0) is 30.3 Å². The molecule has 3 rings (SSSR count). The van der Waals surface area contributed by atoms with Crippen LogP contribution in [0.15, 0.2) is 40.8 Å². The average molecular weight is 304 g/mol. The van der Waals surface area contributed by atoms with Gasteiger partial charge in [0.1, 0.15) is 11.3 Å². The van der Waals surface area contributed by atoms with Gasteiger partial charge in [0.2, 0.25) is 0 Å². The Morgan fingerprint density at radius 1 is 1.18 bits per heavy atom. The highest BCUT2D eigenvalue weighted by molar-refractivity contribution is 5.79. The Balaban J connectivity index is 1.94. The predicted molar refractivity (Wildman–Crippen MR) is 75.0 cm³/mol. The molecule has 0 radical (unpaired) electrons. The third-order valence-electron chi connectivity index (χ3n) is 3.01. The van der Waals surface area contributed by atoms with Crippen LogP contribution in [0.4, 0.5) is 20.5 Å². The molecule has 0 aliphatic heterocycles. The Bertz CT molecular complexity index is 844. The molecule has 5 nitrogen and oxygen atoms in total. The Kier molecular flexibility index (Phi) is 3.46. The fourth-order valence-corrected chi connectivity index (χ4v) is 2.01. The standard InChI is InChI=1S/C15H10F2N2O3/c16-9-2-4-10(5-3-9)18-15-19-11-6-1-8(7-12(20)21)13(17)14(11)22-15/h1-6H,7H2,(H,18,19)(H,20,21). The molecule has 0 aliphatic rings. The van der Waals surface area contributed by atoms with Crippen LogP contribution in [0.3, 0.4) is 0 Å². The van der Waals surface area contributed by atoms with Crippen LogP contribution in [-0.2, 0) is 11.2 Å². The highest BCUT2D eigenvalue weighted by Crippen LogP contribution is 2.26. The molecule has 0 spiro atoms. The van der Waals surface area contributed by atoms with Gasteiger partial charge in [0, 0.05) is 11.3 Å². The molecule has 112 valence electrons. The van der Waals surface area contributed by atoms with Gasteiger partial charge in [-0.25, -0.2) is 8.78 Å². The van der Waals surface area contributed by atoms with E-state index in [-0.39, 0.29) is 28.5 Å². The monoisotopic (exact) mass is 304 g/mol. The van der Waals surface area contributed by atoms with Crippen LogP contribution < -0.4 is 5.32 Å². The number of carboxylic acids is 1. The summed E-state index contributed by atoms with van der Waals surface area (Å²) in [6.45, 7) is 0. The van der Waals surface area contributed by atoms with E-state index in [2.05, 4.69) is 10.3 Å². The molecule has 0 amide bonds. The molecule has 0 aliphatic carbocycles. The van der Waals surface area contributed by atoms with E-state index < -0.39 is 18.2 Å². The highest BCUT2D eigenvalue weighted by atomic mass is 19.1. The summed E-state index contributed by atoms with van der Waals surface area (Å²) in [5.74, 6) is -2.27. The number of hydrogen-bond acceptors (Lipinski definition) is 4. The number of oxazole rings is 1.